The minimum Gasteiger partial charge on any atom is -0.497 e. The van der Waals surface area contributed by atoms with Crippen LogP contribution in [-0.2, 0) is 26.2 Å². The average molecular weight is 534 g/mol. The van der Waals surface area contributed by atoms with E-state index in [1.807, 2.05) is 26.0 Å². The first-order chi connectivity index (χ1) is 17.5. The Labute approximate surface area is 220 Å². The normalized spacial score (nSPS) is 12.1. The molecule has 2 aromatic carbocycles. The van der Waals surface area contributed by atoms with Crippen molar-refractivity contribution in [1.82, 2.24) is 10.2 Å². The topological polar surface area (TPSA) is 105 Å². The van der Waals surface area contributed by atoms with E-state index in [4.69, 9.17) is 9.47 Å². The van der Waals surface area contributed by atoms with Crippen LogP contribution < -0.4 is 19.1 Å². The second kappa shape index (κ2) is 13.9. The van der Waals surface area contributed by atoms with E-state index in [9.17, 15) is 18.0 Å². The molecule has 0 aliphatic heterocycles. The maximum absolute atomic E-state index is 13.3. The van der Waals surface area contributed by atoms with E-state index in [2.05, 4.69) is 5.32 Å². The monoisotopic (exact) mass is 533 g/mol. The summed E-state index contributed by atoms with van der Waals surface area (Å²) in [6, 6.07) is 13.3. The lowest BCUT2D eigenvalue weighted by atomic mass is 10.1. The minimum absolute atomic E-state index is 0.0835. The lowest BCUT2D eigenvalue weighted by Crippen LogP contribution is -2.48. The van der Waals surface area contributed by atoms with Crippen molar-refractivity contribution in [2.24, 2.45) is 5.92 Å². The Morgan fingerprint density at radius 1 is 0.919 bits per heavy atom. The summed E-state index contributed by atoms with van der Waals surface area (Å²) in [5, 5.41) is 2.90. The van der Waals surface area contributed by atoms with E-state index >= 15 is 0 Å². The van der Waals surface area contributed by atoms with Gasteiger partial charge in [0.2, 0.25) is 21.8 Å². The van der Waals surface area contributed by atoms with Gasteiger partial charge < -0.3 is 19.7 Å². The van der Waals surface area contributed by atoms with Crippen LogP contribution >= 0.6 is 0 Å². The van der Waals surface area contributed by atoms with E-state index in [1.54, 1.807) is 50.4 Å². The Kier molecular flexibility index (Phi) is 11.2. The van der Waals surface area contributed by atoms with Gasteiger partial charge in [-0.25, -0.2) is 8.42 Å². The van der Waals surface area contributed by atoms with E-state index in [0.717, 1.165) is 11.8 Å². The largest absolute Gasteiger partial charge is 0.497 e. The van der Waals surface area contributed by atoms with Gasteiger partial charge >= 0.3 is 0 Å². The molecule has 0 spiro atoms. The summed E-state index contributed by atoms with van der Waals surface area (Å²) >= 11 is 0. The van der Waals surface area contributed by atoms with E-state index in [-0.39, 0.29) is 43.7 Å². The van der Waals surface area contributed by atoms with Gasteiger partial charge in [0.1, 0.15) is 17.5 Å². The summed E-state index contributed by atoms with van der Waals surface area (Å²) < 4.78 is 36.5. The molecule has 2 aromatic rings. The number of ether oxygens (including phenoxy) is 2. The number of methoxy groups -OCH3 is 2. The Morgan fingerprint density at radius 3 is 1.95 bits per heavy atom. The molecule has 1 unspecified atom stereocenters. The number of rotatable bonds is 14. The maximum Gasteiger partial charge on any atom is 0.242 e. The zero-order valence-corrected chi connectivity index (χ0v) is 23.4. The van der Waals surface area contributed by atoms with Gasteiger partial charge in [-0.1, -0.05) is 26.0 Å². The maximum atomic E-state index is 13.3. The SMILES string of the molecule is COc1ccc(CN(C(=O)CCCN(c2ccc(OC)cc2)S(C)(=O)=O)C(C)C(=O)NCC(C)C)cc1. The van der Waals surface area contributed by atoms with Crippen LogP contribution in [0, 0.1) is 5.92 Å². The molecule has 9 nitrogen and oxygen atoms in total. The summed E-state index contributed by atoms with van der Waals surface area (Å²) in [6.07, 6.45) is 1.51. The molecular weight excluding hydrogens is 494 g/mol. The second-order valence-electron chi connectivity index (χ2n) is 9.32. The van der Waals surface area contributed by atoms with Crippen LogP contribution in [0.3, 0.4) is 0 Å². The van der Waals surface area contributed by atoms with Gasteiger partial charge in [-0.2, -0.15) is 0 Å². The lowest BCUT2D eigenvalue weighted by molar-refractivity contribution is -0.140. The van der Waals surface area contributed by atoms with Gasteiger partial charge in [0, 0.05) is 26.1 Å². The smallest absolute Gasteiger partial charge is 0.242 e. The van der Waals surface area contributed by atoms with Gasteiger partial charge in [-0.3, -0.25) is 13.9 Å². The van der Waals surface area contributed by atoms with Crippen LogP contribution in [0.5, 0.6) is 11.5 Å². The van der Waals surface area contributed by atoms with Crippen molar-refractivity contribution >= 4 is 27.5 Å². The average Bonchev–Trinajstić information content (AvgIpc) is 2.87. The number of carbonyl (C=O) groups excluding carboxylic acids is 2. The van der Waals surface area contributed by atoms with Crippen LogP contribution in [0.25, 0.3) is 0 Å². The predicted molar refractivity (Wildman–Crippen MR) is 145 cm³/mol. The zero-order chi connectivity index (χ0) is 27.6. The standard InChI is InChI=1S/C27H39N3O6S/c1-20(2)18-28-27(32)21(3)29(19-22-9-13-24(35-4)14-10-22)26(31)8-7-17-30(37(6,33)34)23-11-15-25(36-5)16-12-23/h9-16,20-21H,7-8,17-19H2,1-6H3,(H,28,32). The van der Waals surface area contributed by atoms with Crippen LogP contribution in [0.15, 0.2) is 48.5 Å². The predicted octanol–water partition coefficient (Wildman–Crippen LogP) is 3.44. The Bertz CT molecular complexity index is 1120. The first-order valence-corrected chi connectivity index (χ1v) is 14.1. The molecule has 0 radical (unpaired) electrons. The molecule has 0 saturated heterocycles. The van der Waals surface area contributed by atoms with Crippen LogP contribution in [0.4, 0.5) is 5.69 Å². The first kappa shape index (κ1) is 30.0. The highest BCUT2D eigenvalue weighted by molar-refractivity contribution is 7.92. The van der Waals surface area contributed by atoms with Crippen molar-refractivity contribution < 1.29 is 27.5 Å². The van der Waals surface area contributed by atoms with Crippen molar-refractivity contribution in [3.8, 4) is 11.5 Å². The summed E-state index contributed by atoms with van der Waals surface area (Å²) in [6.45, 7) is 6.59. The molecule has 0 bridgehead atoms. The molecule has 1 N–H and O–H groups in total. The molecule has 37 heavy (non-hydrogen) atoms. The Hall–Kier alpha value is -3.27. The quantitative estimate of drug-likeness (QED) is 0.399. The molecule has 2 amide bonds. The minimum atomic E-state index is -3.56. The van der Waals surface area contributed by atoms with Crippen molar-refractivity contribution in [3.63, 3.8) is 0 Å². The molecule has 1 atom stereocenters. The number of hydrogen-bond donors (Lipinski definition) is 1. The number of carbonyl (C=O) groups is 2. The Morgan fingerprint density at radius 2 is 1.46 bits per heavy atom. The van der Waals surface area contributed by atoms with Gasteiger partial charge in [-0.15, -0.1) is 0 Å². The number of nitrogens with zero attached hydrogens (tertiary/aromatic N) is 2. The highest BCUT2D eigenvalue weighted by Crippen LogP contribution is 2.22. The fourth-order valence-corrected chi connectivity index (χ4v) is 4.68. The van der Waals surface area contributed by atoms with Crippen molar-refractivity contribution in [2.45, 2.75) is 46.2 Å². The molecular formula is C27H39N3O6S. The van der Waals surface area contributed by atoms with Crippen molar-refractivity contribution in [2.75, 3.05) is 37.9 Å². The number of amides is 2. The molecule has 0 aliphatic rings. The number of anilines is 1. The lowest BCUT2D eigenvalue weighted by Gasteiger charge is -2.29. The number of nitrogens with one attached hydrogen (secondary N) is 1. The molecule has 0 saturated carbocycles. The third-order valence-corrected chi connectivity index (χ3v) is 7.07. The molecule has 204 valence electrons. The van der Waals surface area contributed by atoms with E-state index in [1.165, 1.54) is 16.3 Å². The van der Waals surface area contributed by atoms with Gasteiger partial charge in [0.15, 0.2) is 0 Å². The van der Waals surface area contributed by atoms with Crippen molar-refractivity contribution in [1.29, 1.82) is 0 Å². The first-order valence-electron chi connectivity index (χ1n) is 12.3. The summed E-state index contributed by atoms with van der Waals surface area (Å²) in [5.74, 6) is 1.13. The van der Waals surface area contributed by atoms with Crippen LogP contribution in [-0.4, -0.2) is 64.7 Å². The Balaban J connectivity index is 2.15. The summed E-state index contributed by atoms with van der Waals surface area (Å²) in [7, 11) is -0.445. The second-order valence-corrected chi connectivity index (χ2v) is 11.2. The summed E-state index contributed by atoms with van der Waals surface area (Å²) in [5.41, 5.74) is 1.35. The van der Waals surface area contributed by atoms with E-state index < -0.39 is 16.1 Å². The molecule has 0 aromatic heterocycles. The fraction of sp³-hybridized carbons (Fsp3) is 0.481. The molecule has 0 aliphatic carbocycles. The zero-order valence-electron chi connectivity index (χ0n) is 22.6. The molecule has 0 fully saturated rings. The van der Waals surface area contributed by atoms with Crippen LogP contribution in [0.1, 0.15) is 39.2 Å². The van der Waals surface area contributed by atoms with Crippen molar-refractivity contribution in [3.05, 3.63) is 54.1 Å². The molecule has 0 heterocycles. The highest BCUT2D eigenvalue weighted by Gasteiger charge is 2.26. The van der Waals surface area contributed by atoms with Crippen LogP contribution in [0.2, 0.25) is 0 Å². The van der Waals surface area contributed by atoms with Gasteiger partial charge in [0.25, 0.3) is 0 Å². The third-order valence-electron chi connectivity index (χ3n) is 5.88. The number of sulfonamides is 1. The fourth-order valence-electron chi connectivity index (χ4n) is 3.72. The molecule has 2 rings (SSSR count). The number of hydrogen-bond acceptors (Lipinski definition) is 6. The number of benzene rings is 2. The molecule has 10 heteroatoms. The van der Waals surface area contributed by atoms with E-state index in [0.29, 0.717) is 23.7 Å². The third kappa shape index (κ3) is 9.27. The van der Waals surface area contributed by atoms with Gasteiger partial charge in [0.05, 0.1) is 26.2 Å². The van der Waals surface area contributed by atoms with Gasteiger partial charge in [-0.05, 0) is 61.2 Å². The summed E-state index contributed by atoms with van der Waals surface area (Å²) in [4.78, 5) is 27.7. The highest BCUT2D eigenvalue weighted by atomic mass is 32.2.